The van der Waals surface area contributed by atoms with Crippen molar-refractivity contribution in [1.82, 2.24) is 5.32 Å². The van der Waals surface area contributed by atoms with Gasteiger partial charge in [-0.05, 0) is 12.8 Å². The Kier molecular flexibility index (Phi) is 9.57. The quantitative estimate of drug-likeness (QED) is 0.159. The Hall–Kier alpha value is -0.378. The van der Waals surface area contributed by atoms with Gasteiger partial charge in [-0.3, -0.25) is 10.2 Å². The molecule has 7 N–H and O–H groups in total. The molecule has 0 aliphatic rings. The molecule has 13 heavy (non-hydrogen) atoms. The van der Waals surface area contributed by atoms with Crippen molar-refractivity contribution < 1.29 is 9.90 Å². The second-order valence-electron chi connectivity index (χ2n) is 2.43. The molecule has 7 heteroatoms. The third-order valence-corrected chi connectivity index (χ3v) is 1.32. The zero-order chi connectivity index (χ0) is 9.56. The molecule has 0 heterocycles. The fourth-order valence-corrected chi connectivity index (χ4v) is 0.669. The van der Waals surface area contributed by atoms with Crippen LogP contribution in [0.3, 0.4) is 0 Å². The van der Waals surface area contributed by atoms with Gasteiger partial charge in [0, 0.05) is 6.54 Å². The van der Waals surface area contributed by atoms with Crippen molar-refractivity contribution in [3.63, 3.8) is 0 Å². The SMILES string of the molecule is N=C(N)NCCC[C@H](N)C(=O)O.[PbH2]. The normalized spacial score (nSPS) is 11.2. The van der Waals surface area contributed by atoms with Crippen molar-refractivity contribution in [3.05, 3.63) is 0 Å². The number of guanidine groups is 1. The van der Waals surface area contributed by atoms with Gasteiger partial charge in [-0.1, -0.05) is 0 Å². The van der Waals surface area contributed by atoms with Crippen LogP contribution in [0.2, 0.25) is 0 Å². The predicted octanol–water partition coefficient (Wildman–Crippen LogP) is -2.25. The first-order valence-corrected chi connectivity index (χ1v) is 3.60. The molecule has 2 radical (unpaired) electrons. The van der Waals surface area contributed by atoms with Crippen molar-refractivity contribution >= 4 is 39.2 Å². The van der Waals surface area contributed by atoms with E-state index in [1.807, 2.05) is 0 Å². The van der Waals surface area contributed by atoms with Crippen LogP contribution in [-0.4, -0.2) is 56.9 Å². The van der Waals surface area contributed by atoms with E-state index in [0.29, 0.717) is 19.4 Å². The maximum absolute atomic E-state index is 10.2. The molecule has 1 atom stereocenters. The molecule has 6 nitrogen and oxygen atoms in total. The molecule has 76 valence electrons. The fraction of sp³-hybridized carbons (Fsp3) is 0.667. The predicted molar refractivity (Wildman–Crippen MR) is 53.3 cm³/mol. The molecule has 0 amide bonds. The van der Waals surface area contributed by atoms with Gasteiger partial charge in [0.2, 0.25) is 0 Å². The van der Waals surface area contributed by atoms with Crippen molar-refractivity contribution in [3.8, 4) is 0 Å². The van der Waals surface area contributed by atoms with Gasteiger partial charge in [-0.15, -0.1) is 0 Å². The van der Waals surface area contributed by atoms with Crippen LogP contribution in [0, 0.1) is 5.41 Å². The third-order valence-electron chi connectivity index (χ3n) is 1.32. The minimum atomic E-state index is -1.00. The molecule has 0 aromatic rings. The van der Waals surface area contributed by atoms with Gasteiger partial charge in [0.05, 0.1) is 0 Å². The monoisotopic (exact) mass is 384 g/mol. The molecule has 0 fully saturated rings. The van der Waals surface area contributed by atoms with Gasteiger partial charge >= 0.3 is 33.3 Å². The Morgan fingerprint density at radius 2 is 2.15 bits per heavy atom. The molecule has 0 saturated heterocycles. The zero-order valence-corrected chi connectivity index (χ0v) is 12.9. The second-order valence-corrected chi connectivity index (χ2v) is 2.43. The van der Waals surface area contributed by atoms with Gasteiger partial charge in [-0.25, -0.2) is 0 Å². The molecule has 0 aromatic carbocycles. The van der Waals surface area contributed by atoms with E-state index in [1.165, 1.54) is 0 Å². The van der Waals surface area contributed by atoms with Crippen LogP contribution < -0.4 is 16.8 Å². The van der Waals surface area contributed by atoms with Gasteiger partial charge in [0.25, 0.3) is 0 Å². The molecule has 0 aromatic heterocycles. The van der Waals surface area contributed by atoms with Crippen LogP contribution >= 0.6 is 0 Å². The van der Waals surface area contributed by atoms with Crippen LogP contribution in [0.15, 0.2) is 0 Å². The van der Waals surface area contributed by atoms with E-state index in [4.69, 9.17) is 22.0 Å². The van der Waals surface area contributed by atoms with Crippen molar-refractivity contribution in [2.75, 3.05) is 6.54 Å². The zero-order valence-electron chi connectivity index (χ0n) is 7.42. The number of aliphatic carboxylic acids is 1. The summed E-state index contributed by atoms with van der Waals surface area (Å²) in [5.74, 6) is -1.11. The number of nitrogens with one attached hydrogen (secondary N) is 2. The standard InChI is InChI=1S/C6H14N4O2.Pb.2H/c7-4(5(11)12)2-1-3-10-6(8)9;;;/h4H,1-3,7H2,(H,11,12)(H4,8,9,10);;;/t4-;;;/m0.../s1. The summed E-state index contributed by atoms with van der Waals surface area (Å²) >= 11 is 0. The third kappa shape index (κ3) is 9.54. The molecule has 0 spiro atoms. The van der Waals surface area contributed by atoms with Crippen LogP contribution in [0.4, 0.5) is 0 Å². The van der Waals surface area contributed by atoms with Crippen LogP contribution in [-0.2, 0) is 4.79 Å². The Labute approximate surface area is 96.7 Å². The van der Waals surface area contributed by atoms with Crippen molar-refractivity contribution in [1.29, 1.82) is 5.41 Å². The second kappa shape index (κ2) is 8.23. The molecule has 0 saturated carbocycles. The Bertz CT molecular complexity index is 176. The van der Waals surface area contributed by atoms with Gasteiger partial charge in [-0.2, -0.15) is 0 Å². The first-order valence-electron chi connectivity index (χ1n) is 3.60. The van der Waals surface area contributed by atoms with E-state index in [2.05, 4.69) is 5.32 Å². The summed E-state index contributed by atoms with van der Waals surface area (Å²) in [5, 5.41) is 17.7. The number of carbonyl (C=O) groups is 1. The van der Waals surface area contributed by atoms with Crippen molar-refractivity contribution in [2.24, 2.45) is 11.5 Å². The number of rotatable bonds is 5. The molecule has 0 rings (SSSR count). The van der Waals surface area contributed by atoms with E-state index in [0.717, 1.165) is 0 Å². The van der Waals surface area contributed by atoms with E-state index in [1.54, 1.807) is 0 Å². The summed E-state index contributed by atoms with van der Waals surface area (Å²) in [4.78, 5) is 10.2. The van der Waals surface area contributed by atoms with E-state index in [9.17, 15) is 4.79 Å². The van der Waals surface area contributed by atoms with Crippen molar-refractivity contribution in [2.45, 2.75) is 18.9 Å². The number of carboxylic acids is 1. The fourth-order valence-electron chi connectivity index (χ4n) is 0.669. The summed E-state index contributed by atoms with van der Waals surface area (Å²) < 4.78 is 0. The van der Waals surface area contributed by atoms with E-state index in [-0.39, 0.29) is 33.3 Å². The molecule has 0 aliphatic heterocycles. The average molecular weight is 383 g/mol. The van der Waals surface area contributed by atoms with E-state index < -0.39 is 12.0 Å². The summed E-state index contributed by atoms with van der Waals surface area (Å²) in [6, 6.07) is -0.821. The molecule has 0 unspecified atom stereocenters. The number of carboxylic acid groups (broad SMARTS) is 1. The number of hydrogen-bond acceptors (Lipinski definition) is 3. The molecular formula is C6H16N4O2Pb. The van der Waals surface area contributed by atoms with Crippen LogP contribution in [0.25, 0.3) is 0 Å². The summed E-state index contributed by atoms with van der Waals surface area (Å²) in [7, 11) is 0. The first kappa shape index (κ1) is 15.1. The van der Waals surface area contributed by atoms with Gasteiger partial charge in [0.1, 0.15) is 6.04 Å². The summed E-state index contributed by atoms with van der Waals surface area (Å²) in [6.07, 6.45) is 0.975. The summed E-state index contributed by atoms with van der Waals surface area (Å²) in [5.41, 5.74) is 10.2. The Balaban J connectivity index is 0. The van der Waals surface area contributed by atoms with Crippen LogP contribution in [0.5, 0.6) is 0 Å². The first-order chi connectivity index (χ1) is 5.54. The van der Waals surface area contributed by atoms with Gasteiger partial charge in [0.15, 0.2) is 5.96 Å². The molecule has 0 aliphatic carbocycles. The summed E-state index contributed by atoms with van der Waals surface area (Å²) in [6.45, 7) is 0.482. The van der Waals surface area contributed by atoms with Crippen LogP contribution in [0.1, 0.15) is 12.8 Å². The maximum atomic E-state index is 10.2. The molecule has 0 bridgehead atoms. The minimum absolute atomic E-state index is 0. The van der Waals surface area contributed by atoms with Gasteiger partial charge < -0.3 is 21.9 Å². The number of nitrogens with two attached hydrogens (primary N) is 2. The molecular weight excluding hydrogens is 367 g/mol. The van der Waals surface area contributed by atoms with E-state index >= 15 is 0 Å². The topological polar surface area (TPSA) is 125 Å². The number of hydrogen-bond donors (Lipinski definition) is 5. The average Bonchev–Trinajstić information content (AvgIpc) is 1.97. The Morgan fingerprint density at radius 1 is 1.62 bits per heavy atom. The Morgan fingerprint density at radius 3 is 2.54 bits per heavy atom.